The number of hydrogen-bond acceptors (Lipinski definition) is 5. The van der Waals surface area contributed by atoms with Crippen molar-refractivity contribution < 1.29 is 0 Å². The second-order valence-electron chi connectivity index (χ2n) is 2.69. The molecule has 0 aliphatic heterocycles. The van der Waals surface area contributed by atoms with Gasteiger partial charge in [0.25, 0.3) is 0 Å². The van der Waals surface area contributed by atoms with Gasteiger partial charge >= 0.3 is 0 Å². The summed E-state index contributed by atoms with van der Waals surface area (Å²) in [6, 6.07) is 7.32. The summed E-state index contributed by atoms with van der Waals surface area (Å²) in [5.74, 6) is 0.416. The van der Waals surface area contributed by atoms with E-state index in [0.717, 1.165) is 14.5 Å². The minimum Gasteiger partial charge on any atom is -0.382 e. The predicted molar refractivity (Wildman–Crippen MR) is 62.5 cm³/mol. The Morgan fingerprint density at radius 1 is 1.20 bits per heavy atom. The zero-order chi connectivity index (χ0) is 10.7. The van der Waals surface area contributed by atoms with E-state index in [0.29, 0.717) is 5.82 Å². The van der Waals surface area contributed by atoms with E-state index in [1.807, 2.05) is 18.2 Å². The van der Waals surface area contributed by atoms with E-state index in [4.69, 9.17) is 5.73 Å². The molecule has 2 rings (SSSR count). The lowest BCUT2D eigenvalue weighted by Crippen LogP contribution is -1.93. The molecule has 2 heterocycles. The average Bonchev–Trinajstić information content (AvgIpc) is 2.25. The summed E-state index contributed by atoms with van der Waals surface area (Å²) in [7, 11) is 0. The number of pyridine rings is 1. The molecular formula is C9H7BrN4S. The second kappa shape index (κ2) is 4.59. The molecule has 0 saturated carbocycles. The van der Waals surface area contributed by atoms with Gasteiger partial charge in [0.1, 0.15) is 15.9 Å². The van der Waals surface area contributed by atoms with Gasteiger partial charge in [-0.1, -0.05) is 0 Å². The smallest absolute Gasteiger partial charge is 0.146 e. The standard InChI is InChI=1S/C9H7BrN4S/c10-6-2-1-5-12-9(6)15-8-4-3-7(11)13-14-8/h1-5H,(H2,11,13). The predicted octanol–water partition coefficient (Wildman–Crippen LogP) is 2.37. The van der Waals surface area contributed by atoms with E-state index < -0.39 is 0 Å². The first kappa shape index (κ1) is 10.4. The Hall–Kier alpha value is -1.14. The van der Waals surface area contributed by atoms with E-state index in [-0.39, 0.29) is 0 Å². The molecular weight excluding hydrogens is 276 g/mol. The Kier molecular flexibility index (Phi) is 3.17. The molecule has 0 saturated heterocycles. The number of anilines is 1. The number of rotatable bonds is 2. The van der Waals surface area contributed by atoms with Crippen LogP contribution in [-0.2, 0) is 0 Å². The fraction of sp³-hybridized carbons (Fsp3) is 0. The minimum absolute atomic E-state index is 0.416. The number of nitrogens with zero attached hydrogens (tertiary/aromatic N) is 3. The number of hydrogen-bond donors (Lipinski definition) is 1. The molecule has 0 aromatic carbocycles. The van der Waals surface area contributed by atoms with Crippen LogP contribution in [0, 0.1) is 0 Å². The maximum atomic E-state index is 5.44. The summed E-state index contributed by atoms with van der Waals surface area (Å²) in [6.07, 6.45) is 1.73. The van der Waals surface area contributed by atoms with Crippen LogP contribution in [0.4, 0.5) is 5.82 Å². The molecule has 4 nitrogen and oxygen atoms in total. The molecule has 0 radical (unpaired) electrons. The van der Waals surface area contributed by atoms with Gasteiger partial charge in [-0.25, -0.2) is 4.98 Å². The third kappa shape index (κ3) is 2.66. The molecule has 15 heavy (non-hydrogen) atoms. The van der Waals surface area contributed by atoms with Crippen molar-refractivity contribution >= 4 is 33.5 Å². The molecule has 6 heteroatoms. The Bertz CT molecular complexity index is 460. The summed E-state index contributed by atoms with van der Waals surface area (Å²) in [4.78, 5) is 4.21. The maximum absolute atomic E-state index is 5.44. The van der Waals surface area contributed by atoms with Crippen molar-refractivity contribution in [2.75, 3.05) is 5.73 Å². The molecule has 76 valence electrons. The van der Waals surface area contributed by atoms with Crippen molar-refractivity contribution in [1.29, 1.82) is 0 Å². The van der Waals surface area contributed by atoms with E-state index in [1.54, 1.807) is 12.3 Å². The van der Waals surface area contributed by atoms with Crippen LogP contribution in [-0.4, -0.2) is 15.2 Å². The first-order valence-electron chi connectivity index (χ1n) is 4.13. The van der Waals surface area contributed by atoms with Gasteiger partial charge in [0, 0.05) is 6.20 Å². The molecule has 0 aliphatic rings. The lowest BCUT2D eigenvalue weighted by atomic mass is 10.5. The zero-order valence-electron chi connectivity index (χ0n) is 7.59. The summed E-state index contributed by atoms with van der Waals surface area (Å²) in [5.41, 5.74) is 5.44. The monoisotopic (exact) mass is 282 g/mol. The van der Waals surface area contributed by atoms with Gasteiger partial charge < -0.3 is 5.73 Å². The van der Waals surface area contributed by atoms with Crippen LogP contribution < -0.4 is 5.73 Å². The minimum atomic E-state index is 0.416. The SMILES string of the molecule is Nc1ccc(Sc2ncccc2Br)nn1. The van der Waals surface area contributed by atoms with Crippen LogP contribution in [0.25, 0.3) is 0 Å². The molecule has 0 atom stereocenters. The second-order valence-corrected chi connectivity index (χ2v) is 4.55. The zero-order valence-corrected chi connectivity index (χ0v) is 9.99. The first-order valence-corrected chi connectivity index (χ1v) is 5.74. The number of nitrogens with two attached hydrogens (primary N) is 1. The van der Waals surface area contributed by atoms with Crippen molar-refractivity contribution in [3.8, 4) is 0 Å². The lowest BCUT2D eigenvalue weighted by Gasteiger charge is -2.01. The highest BCUT2D eigenvalue weighted by molar-refractivity contribution is 9.10. The van der Waals surface area contributed by atoms with Crippen molar-refractivity contribution in [2.45, 2.75) is 10.1 Å². The lowest BCUT2D eigenvalue weighted by molar-refractivity contribution is 0.934. The Morgan fingerprint density at radius 2 is 2.07 bits per heavy atom. The van der Waals surface area contributed by atoms with E-state index in [1.165, 1.54) is 11.8 Å². The van der Waals surface area contributed by atoms with Crippen LogP contribution in [0.1, 0.15) is 0 Å². The van der Waals surface area contributed by atoms with Gasteiger partial charge in [-0.05, 0) is 52.0 Å². The van der Waals surface area contributed by atoms with Crippen molar-refractivity contribution in [2.24, 2.45) is 0 Å². The van der Waals surface area contributed by atoms with Crippen LogP contribution in [0.3, 0.4) is 0 Å². The van der Waals surface area contributed by atoms with Gasteiger partial charge in [0.15, 0.2) is 0 Å². The molecule has 2 N–H and O–H groups in total. The normalized spacial score (nSPS) is 10.2. The van der Waals surface area contributed by atoms with Crippen molar-refractivity contribution in [1.82, 2.24) is 15.2 Å². The number of nitrogen functional groups attached to an aromatic ring is 1. The molecule has 0 bridgehead atoms. The molecule has 0 unspecified atom stereocenters. The van der Waals surface area contributed by atoms with Gasteiger partial charge in [0.05, 0.1) is 4.47 Å². The fourth-order valence-electron chi connectivity index (χ4n) is 0.930. The highest BCUT2D eigenvalue weighted by Crippen LogP contribution is 2.29. The third-order valence-electron chi connectivity index (χ3n) is 1.59. The first-order chi connectivity index (χ1) is 7.25. The van der Waals surface area contributed by atoms with Crippen molar-refractivity contribution in [3.63, 3.8) is 0 Å². The Balaban J connectivity index is 2.22. The summed E-state index contributed by atoms with van der Waals surface area (Å²) in [5, 5.41) is 9.34. The van der Waals surface area contributed by atoms with Gasteiger partial charge in [-0.15, -0.1) is 10.2 Å². The van der Waals surface area contributed by atoms with Crippen LogP contribution in [0.2, 0.25) is 0 Å². The molecule has 0 amide bonds. The Labute approximate surface area is 99.4 Å². The summed E-state index contributed by atoms with van der Waals surface area (Å²) >= 11 is 4.85. The number of halogens is 1. The van der Waals surface area contributed by atoms with Crippen LogP contribution in [0.5, 0.6) is 0 Å². The third-order valence-corrected chi connectivity index (χ3v) is 3.43. The fourth-order valence-corrected chi connectivity index (χ4v) is 2.12. The topological polar surface area (TPSA) is 64.7 Å². The molecule has 0 aliphatic carbocycles. The summed E-state index contributed by atoms with van der Waals surface area (Å²) < 4.78 is 0.939. The van der Waals surface area contributed by atoms with Gasteiger partial charge in [-0.2, -0.15) is 0 Å². The molecule has 0 fully saturated rings. The van der Waals surface area contributed by atoms with Gasteiger partial charge in [-0.3, -0.25) is 0 Å². The highest BCUT2D eigenvalue weighted by Gasteiger charge is 2.04. The number of aromatic nitrogens is 3. The van der Waals surface area contributed by atoms with Crippen LogP contribution in [0.15, 0.2) is 45.0 Å². The maximum Gasteiger partial charge on any atom is 0.146 e. The van der Waals surface area contributed by atoms with Crippen LogP contribution >= 0.6 is 27.7 Å². The highest BCUT2D eigenvalue weighted by atomic mass is 79.9. The average molecular weight is 283 g/mol. The van der Waals surface area contributed by atoms with Gasteiger partial charge in [0.2, 0.25) is 0 Å². The van der Waals surface area contributed by atoms with E-state index >= 15 is 0 Å². The van der Waals surface area contributed by atoms with E-state index in [9.17, 15) is 0 Å². The van der Waals surface area contributed by atoms with Crippen molar-refractivity contribution in [3.05, 3.63) is 34.9 Å². The molecule has 2 aromatic rings. The summed E-state index contributed by atoms with van der Waals surface area (Å²) in [6.45, 7) is 0. The molecule has 0 spiro atoms. The Morgan fingerprint density at radius 3 is 2.73 bits per heavy atom. The molecule has 2 aromatic heterocycles. The van der Waals surface area contributed by atoms with E-state index in [2.05, 4.69) is 31.1 Å². The quantitative estimate of drug-likeness (QED) is 0.916. The largest absolute Gasteiger partial charge is 0.382 e.